The molecule has 0 heterocycles. The van der Waals surface area contributed by atoms with Crippen LogP contribution in [0.3, 0.4) is 0 Å². The second kappa shape index (κ2) is 5.51. The summed E-state index contributed by atoms with van der Waals surface area (Å²) in [6.45, 7) is 0. The topological polar surface area (TPSA) is 50.1 Å². The fourth-order valence-electron chi connectivity index (χ4n) is 1.47. The second-order valence-corrected chi connectivity index (χ2v) is 4.10. The molecule has 0 aliphatic heterocycles. The van der Waals surface area contributed by atoms with Gasteiger partial charge in [-0.2, -0.15) is 5.26 Å². The summed E-state index contributed by atoms with van der Waals surface area (Å²) in [5.74, 6) is -0.605. The highest BCUT2D eigenvalue weighted by atomic mass is 35.5. The molecule has 2 aromatic carbocycles. The lowest BCUT2D eigenvalue weighted by Crippen LogP contribution is -1.93. The number of rotatable bonds is 3. The van der Waals surface area contributed by atoms with Gasteiger partial charge in [0.2, 0.25) is 0 Å². The molecule has 2 aromatic rings. The van der Waals surface area contributed by atoms with E-state index in [-0.39, 0.29) is 22.6 Å². The minimum absolute atomic E-state index is 0.0793. The van der Waals surface area contributed by atoms with Gasteiger partial charge in [-0.05, 0) is 30.3 Å². The Hall–Kier alpha value is -2.38. The third-order valence-corrected chi connectivity index (χ3v) is 2.62. The Kier molecular flexibility index (Phi) is 3.79. The van der Waals surface area contributed by atoms with E-state index >= 15 is 0 Å². The van der Waals surface area contributed by atoms with Crippen molar-refractivity contribution in [3.05, 3.63) is 58.4 Å². The molecule has 0 aromatic heterocycles. The predicted molar refractivity (Wildman–Crippen MR) is 68.0 cm³/mol. The van der Waals surface area contributed by atoms with Crippen molar-refractivity contribution < 1.29 is 13.9 Å². The molecule has 0 spiro atoms. The maximum absolute atomic E-state index is 13.7. The van der Waals surface area contributed by atoms with Crippen LogP contribution in [0.25, 0.3) is 0 Å². The van der Waals surface area contributed by atoms with E-state index in [4.69, 9.17) is 21.6 Å². The van der Waals surface area contributed by atoms with Gasteiger partial charge in [0, 0.05) is 11.1 Å². The highest BCUT2D eigenvalue weighted by Gasteiger charge is 2.10. The van der Waals surface area contributed by atoms with E-state index in [9.17, 15) is 9.18 Å². The van der Waals surface area contributed by atoms with E-state index in [0.29, 0.717) is 11.3 Å². The van der Waals surface area contributed by atoms with Crippen LogP contribution in [0.4, 0.5) is 4.39 Å². The summed E-state index contributed by atoms with van der Waals surface area (Å²) >= 11 is 5.79. The first-order valence-corrected chi connectivity index (χ1v) is 5.64. The Bertz CT molecular complexity index is 680. The highest BCUT2D eigenvalue weighted by molar-refractivity contribution is 6.30. The normalized spacial score (nSPS) is 9.74. The van der Waals surface area contributed by atoms with Crippen LogP contribution in [0.1, 0.15) is 15.9 Å². The molecule has 0 bridgehead atoms. The number of benzene rings is 2. The van der Waals surface area contributed by atoms with Crippen LogP contribution in [-0.2, 0) is 0 Å². The summed E-state index contributed by atoms with van der Waals surface area (Å²) in [4.78, 5) is 10.9. The number of aldehydes is 1. The van der Waals surface area contributed by atoms with E-state index in [2.05, 4.69) is 0 Å². The third kappa shape index (κ3) is 2.90. The first kappa shape index (κ1) is 13.1. The van der Waals surface area contributed by atoms with Crippen molar-refractivity contribution in [1.29, 1.82) is 5.26 Å². The van der Waals surface area contributed by atoms with Crippen molar-refractivity contribution in [2.24, 2.45) is 0 Å². The maximum atomic E-state index is 13.7. The lowest BCUT2D eigenvalue weighted by atomic mass is 10.2. The summed E-state index contributed by atoms with van der Waals surface area (Å²) < 4.78 is 19.0. The molecular formula is C14H7ClFNO2. The number of carbonyl (C=O) groups excluding carboxylic acids is 1. The van der Waals surface area contributed by atoms with E-state index in [1.807, 2.05) is 6.07 Å². The lowest BCUT2D eigenvalue weighted by molar-refractivity contribution is 0.112. The molecule has 0 aliphatic carbocycles. The molecule has 19 heavy (non-hydrogen) atoms. The number of hydrogen-bond donors (Lipinski definition) is 0. The van der Waals surface area contributed by atoms with Gasteiger partial charge in [0.15, 0.2) is 17.9 Å². The highest BCUT2D eigenvalue weighted by Crippen LogP contribution is 2.29. The number of nitriles is 1. The number of carbonyl (C=O) groups is 1. The van der Waals surface area contributed by atoms with Gasteiger partial charge in [0.25, 0.3) is 0 Å². The Balaban J connectivity index is 2.39. The van der Waals surface area contributed by atoms with Gasteiger partial charge < -0.3 is 4.74 Å². The fourth-order valence-corrected chi connectivity index (χ4v) is 1.63. The van der Waals surface area contributed by atoms with Crippen LogP contribution < -0.4 is 4.74 Å². The van der Waals surface area contributed by atoms with Crippen LogP contribution in [0.15, 0.2) is 36.4 Å². The molecule has 0 atom stereocenters. The molecule has 0 unspecified atom stereocenters. The van der Waals surface area contributed by atoms with E-state index in [1.165, 1.54) is 30.3 Å². The van der Waals surface area contributed by atoms with Crippen LogP contribution >= 0.6 is 11.6 Å². The molecule has 94 valence electrons. The van der Waals surface area contributed by atoms with Crippen LogP contribution in [0.2, 0.25) is 5.02 Å². The van der Waals surface area contributed by atoms with Gasteiger partial charge in [-0.3, -0.25) is 4.79 Å². The molecule has 0 amide bonds. The van der Waals surface area contributed by atoms with Crippen molar-refractivity contribution in [3.63, 3.8) is 0 Å². The molecule has 0 aliphatic rings. The smallest absolute Gasteiger partial charge is 0.167 e. The molecular weight excluding hydrogens is 269 g/mol. The molecule has 0 saturated heterocycles. The Morgan fingerprint density at radius 2 is 2.00 bits per heavy atom. The van der Waals surface area contributed by atoms with Crippen LogP contribution in [0.5, 0.6) is 11.5 Å². The van der Waals surface area contributed by atoms with Gasteiger partial charge in [-0.25, -0.2) is 4.39 Å². The zero-order chi connectivity index (χ0) is 13.8. The van der Waals surface area contributed by atoms with Crippen molar-refractivity contribution >= 4 is 17.9 Å². The quantitative estimate of drug-likeness (QED) is 0.797. The average Bonchev–Trinajstić information content (AvgIpc) is 2.41. The molecule has 2 rings (SSSR count). The second-order valence-electron chi connectivity index (χ2n) is 3.66. The number of ether oxygens (including phenoxy) is 1. The average molecular weight is 276 g/mol. The summed E-state index contributed by atoms with van der Waals surface area (Å²) in [6.07, 6.45) is 0.590. The zero-order valence-corrected chi connectivity index (χ0v) is 10.3. The molecule has 0 radical (unpaired) electrons. The fraction of sp³-hybridized carbons (Fsp3) is 0. The van der Waals surface area contributed by atoms with Gasteiger partial charge >= 0.3 is 0 Å². The Morgan fingerprint density at radius 3 is 2.63 bits per heavy atom. The summed E-state index contributed by atoms with van der Waals surface area (Å²) in [7, 11) is 0. The van der Waals surface area contributed by atoms with E-state index < -0.39 is 5.82 Å². The first-order valence-electron chi connectivity index (χ1n) is 5.26. The monoisotopic (exact) mass is 275 g/mol. The molecule has 0 saturated carbocycles. The number of nitrogens with zero attached hydrogens (tertiary/aromatic N) is 1. The van der Waals surface area contributed by atoms with Gasteiger partial charge in [0.1, 0.15) is 5.75 Å². The van der Waals surface area contributed by atoms with Gasteiger partial charge in [-0.15, -0.1) is 0 Å². The first-order chi connectivity index (χ1) is 9.13. The number of halogens is 2. The summed E-state index contributed by atoms with van der Waals surface area (Å²) in [5.41, 5.74) is 0.444. The standard InChI is InChI=1S/C14H7ClFNO2/c15-11-3-2-10(8-18)14(6-11)19-13-4-1-9(7-17)5-12(13)16/h1-6,8H. The van der Waals surface area contributed by atoms with E-state index in [1.54, 1.807) is 0 Å². The van der Waals surface area contributed by atoms with Gasteiger partial charge in [-0.1, -0.05) is 11.6 Å². The molecule has 0 N–H and O–H groups in total. The van der Waals surface area contributed by atoms with Crippen molar-refractivity contribution in [2.45, 2.75) is 0 Å². The maximum Gasteiger partial charge on any atom is 0.167 e. The lowest BCUT2D eigenvalue weighted by Gasteiger charge is -2.09. The van der Waals surface area contributed by atoms with Gasteiger partial charge in [0.05, 0.1) is 17.2 Å². The summed E-state index contributed by atoms with van der Waals surface area (Å²) in [6, 6.07) is 10.0. The molecule has 5 heteroatoms. The minimum Gasteiger partial charge on any atom is -0.453 e. The number of hydrogen-bond acceptors (Lipinski definition) is 3. The Morgan fingerprint density at radius 1 is 1.21 bits per heavy atom. The third-order valence-electron chi connectivity index (χ3n) is 2.38. The molecule has 0 fully saturated rings. The van der Waals surface area contributed by atoms with Crippen molar-refractivity contribution in [3.8, 4) is 17.6 Å². The predicted octanol–water partition coefficient (Wildman–Crippen LogP) is 3.96. The minimum atomic E-state index is -0.684. The van der Waals surface area contributed by atoms with E-state index in [0.717, 1.165) is 6.07 Å². The van der Waals surface area contributed by atoms with Crippen molar-refractivity contribution in [2.75, 3.05) is 0 Å². The van der Waals surface area contributed by atoms with Crippen LogP contribution in [0, 0.1) is 17.1 Å². The molecule has 3 nitrogen and oxygen atoms in total. The summed E-state index contributed by atoms with van der Waals surface area (Å²) in [5, 5.41) is 9.01. The largest absolute Gasteiger partial charge is 0.453 e. The SMILES string of the molecule is N#Cc1ccc(Oc2cc(Cl)ccc2C=O)c(F)c1. The van der Waals surface area contributed by atoms with Crippen molar-refractivity contribution in [1.82, 2.24) is 0 Å². The Labute approximate surface area is 113 Å². The zero-order valence-electron chi connectivity index (χ0n) is 9.56. The van der Waals surface area contributed by atoms with Crippen LogP contribution in [-0.4, -0.2) is 6.29 Å².